The van der Waals surface area contributed by atoms with E-state index in [1.807, 2.05) is 0 Å². The van der Waals surface area contributed by atoms with Gasteiger partial charge in [0.05, 0.1) is 5.41 Å². The topological polar surface area (TPSA) is 89.3 Å². The molecule has 0 radical (unpaired) electrons. The third-order valence-electron chi connectivity index (χ3n) is 4.08. The molecule has 1 atom stereocenters. The quantitative estimate of drug-likeness (QED) is 0.401. The molecule has 5 heteroatoms. The van der Waals surface area contributed by atoms with Crippen molar-refractivity contribution in [2.45, 2.75) is 88.5 Å². The van der Waals surface area contributed by atoms with E-state index in [1.165, 1.54) is 32.1 Å². The van der Waals surface area contributed by atoms with Crippen molar-refractivity contribution in [2.24, 2.45) is 16.9 Å². The van der Waals surface area contributed by atoms with Crippen molar-refractivity contribution in [2.75, 3.05) is 0 Å². The zero-order valence-corrected chi connectivity index (χ0v) is 16.0. The Kier molecular flexibility index (Phi) is 10.0. The van der Waals surface area contributed by atoms with Crippen molar-refractivity contribution in [3.8, 4) is 0 Å². The molecule has 0 spiro atoms. The molecule has 1 aliphatic rings. The molecule has 0 amide bonds. The number of carbonyl (C=O) groups is 1. The van der Waals surface area contributed by atoms with Crippen LogP contribution in [-0.2, 0) is 24.6 Å². The third-order valence-corrected chi connectivity index (χ3v) is 5.96. The number of unbranched alkanes of at least 4 members (excludes halogenated alkanes) is 3. The molecule has 129 valence electrons. The fourth-order valence-corrected chi connectivity index (χ4v) is 3.05. The van der Waals surface area contributed by atoms with Gasteiger partial charge >= 0.3 is 72.9 Å². The first-order chi connectivity index (χ1) is 9.63. The van der Waals surface area contributed by atoms with Gasteiger partial charge in [0.25, 0.3) is 0 Å². The first-order valence-electron chi connectivity index (χ1n) is 8.05. The Morgan fingerprint density at radius 1 is 1.29 bits per heavy atom. The molecule has 0 bridgehead atoms. The molecule has 0 aromatic rings. The Bertz CT molecular complexity index is 307. The zero-order valence-electron chi connectivity index (χ0n) is 13.8. The second-order valence-electron chi connectivity index (χ2n) is 6.78. The Hall–Kier alpha value is 0.0783. The van der Waals surface area contributed by atoms with Crippen LogP contribution in [-0.4, -0.2) is 16.7 Å². The van der Waals surface area contributed by atoms with Crippen molar-refractivity contribution in [3.63, 3.8) is 0 Å². The van der Waals surface area contributed by atoms with E-state index in [1.54, 1.807) is 13.8 Å². The summed E-state index contributed by atoms with van der Waals surface area (Å²) in [6.07, 6.45) is 10.1. The van der Waals surface area contributed by atoms with Crippen molar-refractivity contribution in [3.05, 3.63) is 0 Å². The summed E-state index contributed by atoms with van der Waals surface area (Å²) in [6, 6.07) is 0. The predicted octanol–water partition coefficient (Wildman–Crippen LogP) is 3.58. The van der Waals surface area contributed by atoms with Gasteiger partial charge in [-0.05, 0) is 20.3 Å². The van der Waals surface area contributed by atoms with Crippen LogP contribution in [0.4, 0.5) is 0 Å². The third kappa shape index (κ3) is 8.95. The van der Waals surface area contributed by atoms with Gasteiger partial charge in [0.1, 0.15) is 0 Å². The van der Waals surface area contributed by atoms with Crippen molar-refractivity contribution in [1.29, 1.82) is 0 Å². The van der Waals surface area contributed by atoms with Gasteiger partial charge < -0.3 is 5.11 Å². The van der Waals surface area contributed by atoms with Crippen LogP contribution >= 0.6 is 0 Å². The summed E-state index contributed by atoms with van der Waals surface area (Å²) in [5, 5.41) is 8.80. The average Bonchev–Trinajstić information content (AvgIpc) is 2.39. The predicted molar refractivity (Wildman–Crippen MR) is 83.5 cm³/mol. The molecule has 1 saturated carbocycles. The Morgan fingerprint density at radius 2 is 1.90 bits per heavy atom. The van der Waals surface area contributed by atoms with Gasteiger partial charge in [-0.1, -0.05) is 32.6 Å². The number of carboxylic acids is 1. The number of hydrogen-bond donors (Lipinski definition) is 3. The van der Waals surface area contributed by atoms with Crippen molar-refractivity contribution < 1.29 is 29.7 Å². The molecule has 4 nitrogen and oxygen atoms in total. The zero-order chi connectivity index (χ0) is 16.5. The first kappa shape index (κ1) is 21.1. The molecule has 0 aromatic heterocycles. The molecular weight excluding hydrogens is 447 g/mol. The van der Waals surface area contributed by atoms with Crippen LogP contribution < -0.4 is 11.5 Å². The normalized spacial score (nSPS) is 21.4. The van der Waals surface area contributed by atoms with E-state index in [0.29, 0.717) is 4.31 Å². The van der Waals surface area contributed by atoms with Crippen LogP contribution in [0, 0.1) is 5.41 Å². The summed E-state index contributed by atoms with van der Waals surface area (Å²) in [5.74, 6) is -0.681. The van der Waals surface area contributed by atoms with E-state index < -0.39 is 11.4 Å². The average molecular weight is 481 g/mol. The van der Waals surface area contributed by atoms with Gasteiger partial charge in [-0.3, -0.25) is 4.79 Å². The van der Waals surface area contributed by atoms with Crippen molar-refractivity contribution in [1.82, 2.24) is 0 Å². The standard InChI is InChI=1S/C10H20O2.C6H13N2.Pt/c1-4-5-6-7-8-10(2,3)9(11)12;7-6(8)4-2-1-3-5-6;/h4-8H2,1-3H3,(H,11,12);4H,1-3,5,7-8H2;. The molecule has 21 heavy (non-hydrogen) atoms. The van der Waals surface area contributed by atoms with Crippen LogP contribution in [0.5, 0.6) is 0 Å². The maximum atomic E-state index is 10.7. The van der Waals surface area contributed by atoms with E-state index in [2.05, 4.69) is 26.7 Å². The van der Waals surface area contributed by atoms with Gasteiger partial charge in [-0.15, -0.1) is 0 Å². The minimum absolute atomic E-state index is 0.375. The molecule has 1 rings (SSSR count). The van der Waals surface area contributed by atoms with Gasteiger partial charge in [0.15, 0.2) is 0 Å². The second kappa shape index (κ2) is 9.97. The number of carboxylic acid groups (broad SMARTS) is 1. The molecule has 0 heterocycles. The maximum absolute atomic E-state index is 10.7. The van der Waals surface area contributed by atoms with Gasteiger partial charge in [-0.25, -0.2) is 0 Å². The number of aliphatic carboxylic acids is 1. The molecule has 5 N–H and O–H groups in total. The Labute approximate surface area is 141 Å². The van der Waals surface area contributed by atoms with Crippen LogP contribution in [0.15, 0.2) is 0 Å². The summed E-state index contributed by atoms with van der Waals surface area (Å²) >= 11 is 2.33. The second-order valence-corrected chi connectivity index (χ2v) is 8.37. The first-order valence-corrected chi connectivity index (χ1v) is 9.36. The summed E-state index contributed by atoms with van der Waals surface area (Å²) < 4.78 is 0.478. The van der Waals surface area contributed by atoms with E-state index in [-0.39, 0.29) is 5.66 Å². The molecule has 0 aliphatic heterocycles. The summed E-state index contributed by atoms with van der Waals surface area (Å²) in [5.41, 5.74) is 10.7. The molecule has 0 saturated heterocycles. The number of rotatable bonds is 6. The molecule has 0 aromatic carbocycles. The molecular formula is C16H33N2O2Pt. The summed E-state index contributed by atoms with van der Waals surface area (Å²) in [4.78, 5) is 10.7. The van der Waals surface area contributed by atoms with E-state index in [0.717, 1.165) is 25.7 Å². The SMILES string of the molecule is CCCCCCC(C)(C)C(=O)O.NC1(N)CCCC[C@H]1[Pt]. The molecule has 1 aliphatic carbocycles. The fraction of sp³-hybridized carbons (Fsp3) is 0.938. The molecule has 1 fully saturated rings. The van der Waals surface area contributed by atoms with Crippen LogP contribution in [0.25, 0.3) is 0 Å². The molecule has 0 unspecified atom stereocenters. The van der Waals surface area contributed by atoms with E-state index >= 15 is 0 Å². The van der Waals surface area contributed by atoms with E-state index in [9.17, 15) is 4.79 Å². The van der Waals surface area contributed by atoms with E-state index in [4.69, 9.17) is 16.6 Å². The van der Waals surface area contributed by atoms with Gasteiger partial charge in [0, 0.05) is 0 Å². The summed E-state index contributed by atoms with van der Waals surface area (Å²) in [6.45, 7) is 5.74. The van der Waals surface area contributed by atoms with Gasteiger partial charge in [-0.2, -0.15) is 0 Å². The van der Waals surface area contributed by atoms with Crippen LogP contribution in [0.2, 0.25) is 4.31 Å². The Morgan fingerprint density at radius 3 is 2.29 bits per heavy atom. The van der Waals surface area contributed by atoms with Crippen LogP contribution in [0.1, 0.15) is 78.6 Å². The summed E-state index contributed by atoms with van der Waals surface area (Å²) in [7, 11) is 0. The van der Waals surface area contributed by atoms with Crippen LogP contribution in [0.3, 0.4) is 0 Å². The minimum atomic E-state index is -0.681. The Balaban J connectivity index is 0.000000394. The van der Waals surface area contributed by atoms with Crippen molar-refractivity contribution >= 4 is 5.97 Å². The number of hydrogen-bond acceptors (Lipinski definition) is 3. The van der Waals surface area contributed by atoms with Gasteiger partial charge in [0.2, 0.25) is 0 Å². The fourth-order valence-electron chi connectivity index (χ4n) is 2.26. The monoisotopic (exact) mass is 480 g/mol. The number of nitrogens with two attached hydrogens (primary N) is 2.